The number of nitrogens with one attached hydrogen (secondary N) is 1. The Hall–Kier alpha value is -2.25. The Kier molecular flexibility index (Phi) is 5.02. The fourth-order valence-corrected chi connectivity index (χ4v) is 1.89. The van der Waals surface area contributed by atoms with E-state index < -0.39 is 0 Å². The van der Waals surface area contributed by atoms with E-state index in [1.807, 2.05) is 11.9 Å². The SMILES string of the molecule is COCc1nc(NN)cc(N(C)Cc2ccc(F)cc2)n1. The molecule has 2 rings (SSSR count). The van der Waals surface area contributed by atoms with Crippen molar-refractivity contribution in [3.8, 4) is 0 Å². The number of nitrogen functional groups attached to an aromatic ring is 1. The van der Waals surface area contributed by atoms with E-state index in [1.165, 1.54) is 12.1 Å². The van der Waals surface area contributed by atoms with Crippen molar-refractivity contribution in [3.63, 3.8) is 0 Å². The molecule has 0 fully saturated rings. The summed E-state index contributed by atoms with van der Waals surface area (Å²) in [7, 11) is 3.47. The fraction of sp³-hybridized carbons (Fsp3) is 0.286. The molecule has 0 radical (unpaired) electrons. The monoisotopic (exact) mass is 291 g/mol. The lowest BCUT2D eigenvalue weighted by Crippen LogP contribution is -2.20. The molecule has 0 aliphatic rings. The molecule has 1 aromatic heterocycles. The smallest absolute Gasteiger partial charge is 0.158 e. The van der Waals surface area contributed by atoms with Gasteiger partial charge in [-0.05, 0) is 17.7 Å². The highest BCUT2D eigenvalue weighted by molar-refractivity contribution is 5.48. The lowest BCUT2D eigenvalue weighted by atomic mass is 10.2. The number of nitrogens with zero attached hydrogens (tertiary/aromatic N) is 3. The number of anilines is 2. The van der Waals surface area contributed by atoms with Crippen LogP contribution in [0, 0.1) is 5.82 Å². The Labute approximate surface area is 122 Å². The molecule has 0 bridgehead atoms. The van der Waals surface area contributed by atoms with Gasteiger partial charge in [-0.1, -0.05) is 12.1 Å². The van der Waals surface area contributed by atoms with E-state index in [9.17, 15) is 4.39 Å². The van der Waals surface area contributed by atoms with Crippen LogP contribution in [0.4, 0.5) is 16.0 Å². The van der Waals surface area contributed by atoms with Gasteiger partial charge in [0.25, 0.3) is 0 Å². The molecule has 0 aliphatic heterocycles. The van der Waals surface area contributed by atoms with E-state index in [-0.39, 0.29) is 5.82 Å². The second-order valence-corrected chi connectivity index (χ2v) is 4.59. The van der Waals surface area contributed by atoms with Crippen molar-refractivity contribution in [2.24, 2.45) is 5.84 Å². The van der Waals surface area contributed by atoms with Crippen LogP contribution in [0.2, 0.25) is 0 Å². The zero-order chi connectivity index (χ0) is 15.2. The average molecular weight is 291 g/mol. The van der Waals surface area contributed by atoms with Crippen LogP contribution in [-0.4, -0.2) is 24.1 Å². The minimum absolute atomic E-state index is 0.250. The van der Waals surface area contributed by atoms with Crippen LogP contribution in [-0.2, 0) is 17.9 Å². The van der Waals surface area contributed by atoms with Crippen molar-refractivity contribution >= 4 is 11.6 Å². The van der Waals surface area contributed by atoms with Crippen LogP contribution < -0.4 is 16.2 Å². The first-order valence-electron chi connectivity index (χ1n) is 6.41. The zero-order valence-corrected chi connectivity index (χ0v) is 12.0. The summed E-state index contributed by atoms with van der Waals surface area (Å²) < 4.78 is 18.0. The summed E-state index contributed by atoms with van der Waals surface area (Å²) >= 11 is 0. The summed E-state index contributed by atoms with van der Waals surface area (Å²) in [4.78, 5) is 10.5. The van der Waals surface area contributed by atoms with E-state index in [1.54, 1.807) is 25.3 Å². The molecule has 0 atom stereocenters. The van der Waals surface area contributed by atoms with Crippen LogP contribution >= 0.6 is 0 Å². The molecular formula is C14H18FN5O. The first-order valence-corrected chi connectivity index (χ1v) is 6.41. The predicted octanol–water partition coefficient (Wildman–Crippen LogP) is 1.68. The molecule has 7 heteroatoms. The van der Waals surface area contributed by atoms with E-state index in [0.29, 0.717) is 30.6 Å². The highest BCUT2D eigenvalue weighted by atomic mass is 19.1. The average Bonchev–Trinajstić information content (AvgIpc) is 2.49. The lowest BCUT2D eigenvalue weighted by Gasteiger charge is -2.19. The molecular weight excluding hydrogens is 273 g/mol. The molecule has 3 N–H and O–H groups in total. The first-order chi connectivity index (χ1) is 10.1. The van der Waals surface area contributed by atoms with Gasteiger partial charge in [-0.3, -0.25) is 0 Å². The number of hydrogen-bond acceptors (Lipinski definition) is 6. The minimum atomic E-state index is -0.250. The second-order valence-electron chi connectivity index (χ2n) is 4.59. The van der Waals surface area contributed by atoms with Crippen molar-refractivity contribution < 1.29 is 9.13 Å². The highest BCUT2D eigenvalue weighted by Gasteiger charge is 2.09. The molecule has 0 saturated heterocycles. The second kappa shape index (κ2) is 6.96. The Balaban J connectivity index is 2.19. The molecule has 0 saturated carbocycles. The Morgan fingerprint density at radius 2 is 2.00 bits per heavy atom. The van der Waals surface area contributed by atoms with Gasteiger partial charge in [0.1, 0.15) is 24.1 Å². The molecule has 1 heterocycles. The van der Waals surface area contributed by atoms with Gasteiger partial charge in [-0.25, -0.2) is 20.2 Å². The topological polar surface area (TPSA) is 76.3 Å². The Morgan fingerprint density at radius 3 is 2.62 bits per heavy atom. The van der Waals surface area contributed by atoms with E-state index in [2.05, 4.69) is 15.4 Å². The third-order valence-electron chi connectivity index (χ3n) is 2.90. The summed E-state index contributed by atoms with van der Waals surface area (Å²) in [6.07, 6.45) is 0. The lowest BCUT2D eigenvalue weighted by molar-refractivity contribution is 0.178. The standard InChI is InChI=1S/C14H18FN5O/c1-20(8-10-3-5-11(15)6-4-10)14-7-12(19-16)17-13(18-14)9-21-2/h3-7H,8-9,16H2,1-2H3,(H,17,18,19). The first kappa shape index (κ1) is 15.1. The van der Waals surface area contributed by atoms with Crippen LogP contribution in [0.3, 0.4) is 0 Å². The molecule has 6 nitrogen and oxygen atoms in total. The maximum atomic E-state index is 12.9. The fourth-order valence-electron chi connectivity index (χ4n) is 1.89. The number of benzene rings is 1. The maximum Gasteiger partial charge on any atom is 0.158 e. The van der Waals surface area contributed by atoms with Crippen molar-refractivity contribution in [3.05, 3.63) is 47.5 Å². The van der Waals surface area contributed by atoms with Gasteiger partial charge in [0.2, 0.25) is 0 Å². The molecule has 0 amide bonds. The number of ether oxygens (including phenoxy) is 1. The van der Waals surface area contributed by atoms with Gasteiger partial charge in [0.15, 0.2) is 5.82 Å². The van der Waals surface area contributed by atoms with Crippen LogP contribution in [0.25, 0.3) is 0 Å². The quantitative estimate of drug-likeness (QED) is 0.623. The van der Waals surface area contributed by atoms with E-state index in [4.69, 9.17) is 10.6 Å². The van der Waals surface area contributed by atoms with Gasteiger partial charge < -0.3 is 15.1 Å². The molecule has 21 heavy (non-hydrogen) atoms. The van der Waals surface area contributed by atoms with Crippen molar-refractivity contribution in [2.75, 3.05) is 24.5 Å². The number of aromatic nitrogens is 2. The molecule has 0 unspecified atom stereocenters. The Morgan fingerprint density at radius 1 is 1.29 bits per heavy atom. The number of nitrogens with two attached hydrogens (primary N) is 1. The third kappa shape index (κ3) is 4.11. The highest BCUT2D eigenvalue weighted by Crippen LogP contribution is 2.17. The number of rotatable bonds is 6. The summed E-state index contributed by atoms with van der Waals surface area (Å²) in [5.74, 6) is 6.91. The van der Waals surface area contributed by atoms with Crippen LogP contribution in [0.15, 0.2) is 30.3 Å². The van der Waals surface area contributed by atoms with Crippen LogP contribution in [0.1, 0.15) is 11.4 Å². The van der Waals surface area contributed by atoms with E-state index in [0.717, 1.165) is 5.56 Å². The molecule has 1 aromatic carbocycles. The van der Waals surface area contributed by atoms with E-state index >= 15 is 0 Å². The molecule has 0 spiro atoms. The molecule has 2 aromatic rings. The number of hydrazine groups is 1. The Bertz CT molecular complexity index is 590. The molecule has 112 valence electrons. The summed E-state index contributed by atoms with van der Waals surface area (Å²) in [5, 5.41) is 0. The van der Waals surface area contributed by atoms with Crippen LogP contribution in [0.5, 0.6) is 0 Å². The number of methoxy groups -OCH3 is 1. The normalized spacial score (nSPS) is 10.5. The van der Waals surface area contributed by atoms with Crippen molar-refractivity contribution in [1.82, 2.24) is 9.97 Å². The maximum absolute atomic E-state index is 12.9. The van der Waals surface area contributed by atoms with Crippen molar-refractivity contribution in [2.45, 2.75) is 13.2 Å². The summed E-state index contributed by atoms with van der Waals surface area (Å²) in [5.41, 5.74) is 3.49. The van der Waals surface area contributed by atoms with Crippen molar-refractivity contribution in [1.29, 1.82) is 0 Å². The predicted molar refractivity (Wildman–Crippen MR) is 79.1 cm³/mol. The third-order valence-corrected chi connectivity index (χ3v) is 2.90. The number of halogens is 1. The zero-order valence-electron chi connectivity index (χ0n) is 12.0. The largest absolute Gasteiger partial charge is 0.377 e. The summed E-state index contributed by atoms with van der Waals surface area (Å²) in [6, 6.07) is 8.10. The summed E-state index contributed by atoms with van der Waals surface area (Å²) in [6.45, 7) is 0.890. The number of hydrogen-bond donors (Lipinski definition) is 2. The van der Waals surface area contributed by atoms with Gasteiger partial charge >= 0.3 is 0 Å². The van der Waals surface area contributed by atoms with Gasteiger partial charge in [-0.2, -0.15) is 0 Å². The van der Waals surface area contributed by atoms with Gasteiger partial charge in [-0.15, -0.1) is 0 Å². The molecule has 0 aliphatic carbocycles. The van der Waals surface area contributed by atoms with Gasteiger partial charge in [0.05, 0.1) is 0 Å². The minimum Gasteiger partial charge on any atom is -0.377 e. The van der Waals surface area contributed by atoms with Gasteiger partial charge in [0, 0.05) is 26.8 Å².